The van der Waals surface area contributed by atoms with Crippen molar-refractivity contribution in [2.75, 3.05) is 0 Å². The highest BCUT2D eigenvalue weighted by molar-refractivity contribution is 7.22. The molecule has 0 aliphatic rings. The van der Waals surface area contributed by atoms with E-state index in [1.807, 2.05) is 12.1 Å². The molecule has 2 heteroatoms. The van der Waals surface area contributed by atoms with Crippen molar-refractivity contribution in [3.05, 3.63) is 54.1 Å². The molecular weight excluding hydrogens is 228 g/mol. The van der Waals surface area contributed by atoms with Crippen molar-refractivity contribution in [2.45, 2.75) is 6.92 Å². The number of rotatable bonds is 1. The van der Waals surface area contributed by atoms with Crippen molar-refractivity contribution in [1.29, 1.82) is 0 Å². The van der Waals surface area contributed by atoms with E-state index in [2.05, 4.69) is 31.2 Å². The van der Waals surface area contributed by atoms with Crippen molar-refractivity contribution in [2.24, 2.45) is 0 Å². The summed E-state index contributed by atoms with van der Waals surface area (Å²) in [4.78, 5) is 1.24. The third-order valence-corrected chi connectivity index (χ3v) is 3.97. The third-order valence-electron chi connectivity index (χ3n) is 2.83. The summed E-state index contributed by atoms with van der Waals surface area (Å²) in [6.45, 7) is 2.11. The molecule has 1 nitrogen and oxygen atoms in total. The van der Waals surface area contributed by atoms with Gasteiger partial charge in [-0.2, -0.15) is 0 Å². The third kappa shape index (κ3) is 1.92. The summed E-state index contributed by atoms with van der Waals surface area (Å²) in [7, 11) is 0. The van der Waals surface area contributed by atoms with E-state index in [9.17, 15) is 5.11 Å². The quantitative estimate of drug-likeness (QED) is 0.660. The summed E-state index contributed by atoms with van der Waals surface area (Å²) >= 11 is 1.79. The topological polar surface area (TPSA) is 20.2 Å². The van der Waals surface area contributed by atoms with Crippen LogP contribution in [-0.2, 0) is 0 Å². The van der Waals surface area contributed by atoms with E-state index in [1.165, 1.54) is 20.5 Å². The molecule has 0 amide bonds. The predicted octanol–water partition coefficient (Wildman–Crippen LogP) is 4.58. The van der Waals surface area contributed by atoms with Gasteiger partial charge in [0, 0.05) is 9.58 Å². The second-order valence-electron chi connectivity index (χ2n) is 4.20. The highest BCUT2D eigenvalue weighted by Gasteiger charge is 2.04. The summed E-state index contributed by atoms with van der Waals surface area (Å²) in [6, 6.07) is 16.1. The van der Waals surface area contributed by atoms with Crippen LogP contribution in [0.4, 0.5) is 0 Å². The molecule has 1 N–H and O–H groups in total. The second-order valence-corrected chi connectivity index (χ2v) is 5.28. The normalized spacial score (nSPS) is 10.9. The average Bonchev–Trinajstić information content (AvgIpc) is 2.72. The van der Waals surface area contributed by atoms with Gasteiger partial charge in [0.1, 0.15) is 5.75 Å². The summed E-state index contributed by atoms with van der Waals surface area (Å²) in [5.41, 5.74) is 2.44. The average molecular weight is 240 g/mol. The Morgan fingerprint density at radius 1 is 0.941 bits per heavy atom. The Balaban J connectivity index is 2.14. The van der Waals surface area contributed by atoms with Gasteiger partial charge in [0.05, 0.1) is 0 Å². The number of hydrogen-bond acceptors (Lipinski definition) is 2. The molecule has 0 radical (unpaired) electrons. The Bertz CT molecular complexity index is 665. The van der Waals surface area contributed by atoms with Crippen LogP contribution in [-0.4, -0.2) is 5.11 Å². The van der Waals surface area contributed by atoms with Gasteiger partial charge in [0.2, 0.25) is 0 Å². The van der Waals surface area contributed by atoms with Crippen molar-refractivity contribution in [3.63, 3.8) is 0 Å². The molecule has 0 saturated heterocycles. The van der Waals surface area contributed by atoms with Gasteiger partial charge in [-0.05, 0) is 59.8 Å². The Labute approximate surface area is 104 Å². The minimum Gasteiger partial charge on any atom is -0.508 e. The van der Waals surface area contributed by atoms with E-state index in [1.54, 1.807) is 23.5 Å². The van der Waals surface area contributed by atoms with E-state index >= 15 is 0 Å². The van der Waals surface area contributed by atoms with Gasteiger partial charge in [-0.1, -0.05) is 12.1 Å². The molecule has 0 aliphatic heterocycles. The van der Waals surface area contributed by atoms with Crippen LogP contribution in [0, 0.1) is 6.92 Å². The molecule has 3 rings (SSSR count). The maximum Gasteiger partial charge on any atom is 0.115 e. The van der Waals surface area contributed by atoms with Crippen molar-refractivity contribution in [3.8, 4) is 16.2 Å². The summed E-state index contributed by atoms with van der Waals surface area (Å²) in [5.74, 6) is 0.311. The number of benzene rings is 2. The van der Waals surface area contributed by atoms with Crippen LogP contribution in [0.2, 0.25) is 0 Å². The molecule has 0 bridgehead atoms. The van der Waals surface area contributed by atoms with Gasteiger partial charge >= 0.3 is 0 Å². The molecule has 84 valence electrons. The van der Waals surface area contributed by atoms with E-state index < -0.39 is 0 Å². The van der Waals surface area contributed by atoms with Gasteiger partial charge in [-0.25, -0.2) is 0 Å². The first-order valence-corrected chi connectivity index (χ1v) is 6.34. The lowest BCUT2D eigenvalue weighted by Gasteiger charge is -1.96. The fraction of sp³-hybridized carbons (Fsp3) is 0.0667. The number of phenolic OH excluding ortho intramolecular Hbond substituents is 1. The largest absolute Gasteiger partial charge is 0.508 e. The van der Waals surface area contributed by atoms with E-state index in [4.69, 9.17) is 0 Å². The van der Waals surface area contributed by atoms with Crippen LogP contribution in [0.3, 0.4) is 0 Å². The number of hydrogen-bond donors (Lipinski definition) is 1. The number of aryl methyl sites for hydroxylation is 1. The van der Waals surface area contributed by atoms with Crippen molar-refractivity contribution in [1.82, 2.24) is 0 Å². The van der Waals surface area contributed by atoms with Crippen LogP contribution in [0.15, 0.2) is 48.5 Å². The zero-order valence-electron chi connectivity index (χ0n) is 9.47. The van der Waals surface area contributed by atoms with Gasteiger partial charge in [0.25, 0.3) is 0 Å². The van der Waals surface area contributed by atoms with Crippen molar-refractivity contribution >= 4 is 21.4 Å². The van der Waals surface area contributed by atoms with Gasteiger partial charge in [0.15, 0.2) is 0 Å². The lowest BCUT2D eigenvalue weighted by atomic mass is 10.1. The monoisotopic (exact) mass is 240 g/mol. The van der Waals surface area contributed by atoms with Crippen molar-refractivity contribution < 1.29 is 5.11 Å². The van der Waals surface area contributed by atoms with Crippen LogP contribution in [0.5, 0.6) is 5.75 Å². The molecular formula is C15H12OS. The van der Waals surface area contributed by atoms with E-state index in [-0.39, 0.29) is 0 Å². The summed E-state index contributed by atoms with van der Waals surface area (Å²) in [6.07, 6.45) is 0. The Kier molecular flexibility index (Phi) is 2.37. The highest BCUT2D eigenvalue weighted by atomic mass is 32.1. The molecule has 0 saturated carbocycles. The lowest BCUT2D eigenvalue weighted by molar-refractivity contribution is 0.475. The minimum atomic E-state index is 0.311. The molecule has 1 heterocycles. The molecule has 17 heavy (non-hydrogen) atoms. The molecule has 0 fully saturated rings. The minimum absolute atomic E-state index is 0.311. The van der Waals surface area contributed by atoms with Crippen LogP contribution >= 0.6 is 11.3 Å². The number of thiophene rings is 1. The highest BCUT2D eigenvalue weighted by Crippen LogP contribution is 2.34. The van der Waals surface area contributed by atoms with Gasteiger partial charge < -0.3 is 5.11 Å². The molecule has 0 atom stereocenters. The molecule has 3 aromatic rings. The zero-order chi connectivity index (χ0) is 11.8. The van der Waals surface area contributed by atoms with E-state index in [0.717, 1.165) is 5.56 Å². The SMILES string of the molecule is Cc1ccc2cc(-c3ccc(O)cc3)sc2c1. The fourth-order valence-corrected chi connectivity index (χ4v) is 3.07. The van der Waals surface area contributed by atoms with Gasteiger partial charge in [-0.3, -0.25) is 0 Å². The molecule has 0 spiro atoms. The zero-order valence-corrected chi connectivity index (χ0v) is 10.3. The predicted molar refractivity (Wildman–Crippen MR) is 73.7 cm³/mol. The Morgan fingerprint density at radius 2 is 1.71 bits per heavy atom. The van der Waals surface area contributed by atoms with Gasteiger partial charge in [-0.15, -0.1) is 11.3 Å². The van der Waals surface area contributed by atoms with Crippen LogP contribution in [0.1, 0.15) is 5.56 Å². The fourth-order valence-electron chi connectivity index (χ4n) is 1.91. The van der Waals surface area contributed by atoms with E-state index in [0.29, 0.717) is 5.75 Å². The first-order valence-electron chi connectivity index (χ1n) is 5.52. The summed E-state index contributed by atoms with van der Waals surface area (Å²) < 4.78 is 1.31. The smallest absolute Gasteiger partial charge is 0.115 e. The molecule has 2 aromatic carbocycles. The standard InChI is InChI=1S/C15H12OS/c1-10-2-3-12-9-15(17-14(12)8-10)11-4-6-13(16)7-5-11/h2-9,16H,1H3. The molecule has 0 unspecified atom stereocenters. The second kappa shape index (κ2) is 3.90. The maximum absolute atomic E-state index is 9.28. The summed E-state index contributed by atoms with van der Waals surface area (Å²) in [5, 5.41) is 10.6. The number of fused-ring (bicyclic) bond motifs is 1. The molecule has 0 aliphatic carbocycles. The van der Waals surface area contributed by atoms with Crippen LogP contribution in [0.25, 0.3) is 20.5 Å². The number of aromatic hydroxyl groups is 1. The lowest BCUT2D eigenvalue weighted by Crippen LogP contribution is -1.69. The first kappa shape index (κ1) is 10.4. The Morgan fingerprint density at radius 3 is 2.47 bits per heavy atom. The maximum atomic E-state index is 9.28. The first-order chi connectivity index (χ1) is 8.22. The van der Waals surface area contributed by atoms with Crippen LogP contribution < -0.4 is 0 Å². The number of phenols is 1. The Hall–Kier alpha value is -1.80. The molecule has 1 aromatic heterocycles.